The summed E-state index contributed by atoms with van der Waals surface area (Å²) in [5.74, 6) is 1.35. The van der Waals surface area contributed by atoms with E-state index in [4.69, 9.17) is 4.84 Å². The fourth-order valence-electron chi connectivity index (χ4n) is 3.10. The number of fused-ring (bicyclic) bond motifs is 1. The van der Waals surface area contributed by atoms with Gasteiger partial charge in [-0.3, -0.25) is 0 Å². The Morgan fingerprint density at radius 3 is 2.92 bits per heavy atom. The molecule has 130 valence electrons. The number of carbonyl (C=O) groups is 1. The van der Waals surface area contributed by atoms with Crippen LogP contribution in [0.2, 0.25) is 0 Å². The highest BCUT2D eigenvalue weighted by Crippen LogP contribution is 2.28. The van der Waals surface area contributed by atoms with Gasteiger partial charge in [-0.15, -0.1) is 5.06 Å². The van der Waals surface area contributed by atoms with Crippen molar-refractivity contribution in [2.75, 3.05) is 39.1 Å². The van der Waals surface area contributed by atoms with Gasteiger partial charge in [0.25, 0.3) is 0 Å². The maximum absolute atomic E-state index is 11.8. The molecule has 1 fully saturated rings. The minimum absolute atomic E-state index is 0.196. The Morgan fingerprint density at radius 1 is 1.38 bits per heavy atom. The van der Waals surface area contributed by atoms with E-state index in [1.165, 1.54) is 4.90 Å². The van der Waals surface area contributed by atoms with E-state index >= 15 is 0 Å². The van der Waals surface area contributed by atoms with Crippen molar-refractivity contribution in [3.63, 3.8) is 0 Å². The summed E-state index contributed by atoms with van der Waals surface area (Å²) in [7, 11) is 5.40. The molecule has 0 spiro atoms. The molecule has 24 heavy (non-hydrogen) atoms. The maximum Gasteiger partial charge on any atom is 0.428 e. The largest absolute Gasteiger partial charge is 0.428 e. The van der Waals surface area contributed by atoms with Crippen molar-refractivity contribution in [1.82, 2.24) is 24.9 Å². The number of anilines is 1. The molecule has 0 radical (unpaired) electrons. The van der Waals surface area contributed by atoms with Crippen LogP contribution in [0.15, 0.2) is 18.6 Å². The van der Waals surface area contributed by atoms with Crippen LogP contribution < -0.4 is 4.90 Å². The van der Waals surface area contributed by atoms with Gasteiger partial charge < -0.3 is 19.6 Å². The van der Waals surface area contributed by atoms with Crippen LogP contribution >= 0.6 is 0 Å². The summed E-state index contributed by atoms with van der Waals surface area (Å²) in [4.78, 5) is 32.7. The average molecular weight is 332 g/mol. The van der Waals surface area contributed by atoms with Gasteiger partial charge in [0.15, 0.2) is 0 Å². The summed E-state index contributed by atoms with van der Waals surface area (Å²) < 4.78 is 0. The van der Waals surface area contributed by atoms with Crippen molar-refractivity contribution < 1.29 is 9.63 Å². The minimum atomic E-state index is -0.346. The van der Waals surface area contributed by atoms with Crippen LogP contribution in [0, 0.1) is 5.92 Å². The topological polar surface area (TPSA) is 77.6 Å². The molecule has 0 bridgehead atoms. The number of H-pyrrole nitrogens is 1. The van der Waals surface area contributed by atoms with Crippen molar-refractivity contribution in [2.24, 2.45) is 5.92 Å². The summed E-state index contributed by atoms with van der Waals surface area (Å²) in [5.41, 5.74) is 0.825. The zero-order chi connectivity index (χ0) is 17.3. The standard InChI is InChI=1S/C16H24N6O2/c1-11-6-8-22(24-16(23)20(2)3)9-13(11)21(4)15-12-5-7-17-14(12)18-10-19-15/h5,7,10-11,13H,6,8-9H2,1-4H3,(H,17,18,19). The fraction of sp³-hybridized carbons (Fsp3) is 0.562. The quantitative estimate of drug-likeness (QED) is 0.922. The first-order valence-corrected chi connectivity index (χ1v) is 8.12. The van der Waals surface area contributed by atoms with E-state index in [0.717, 1.165) is 29.8 Å². The van der Waals surface area contributed by atoms with E-state index in [0.29, 0.717) is 12.5 Å². The second-order valence-electron chi connectivity index (χ2n) is 6.52. The molecule has 0 saturated carbocycles. The molecule has 1 amide bonds. The number of amides is 1. The fourth-order valence-corrected chi connectivity index (χ4v) is 3.10. The van der Waals surface area contributed by atoms with Crippen molar-refractivity contribution in [1.29, 1.82) is 0 Å². The van der Waals surface area contributed by atoms with E-state index in [-0.39, 0.29) is 12.1 Å². The van der Waals surface area contributed by atoms with Gasteiger partial charge in [-0.25, -0.2) is 14.8 Å². The van der Waals surface area contributed by atoms with Gasteiger partial charge in [0.2, 0.25) is 0 Å². The van der Waals surface area contributed by atoms with Crippen molar-refractivity contribution in [2.45, 2.75) is 19.4 Å². The second-order valence-corrected chi connectivity index (χ2v) is 6.52. The van der Waals surface area contributed by atoms with Crippen LogP contribution in [0.4, 0.5) is 10.6 Å². The first-order valence-electron chi connectivity index (χ1n) is 8.12. The number of aromatic amines is 1. The Bertz CT molecular complexity index is 715. The molecule has 0 aliphatic carbocycles. The molecular formula is C16H24N6O2. The zero-order valence-electron chi connectivity index (χ0n) is 14.6. The molecule has 8 nitrogen and oxygen atoms in total. The van der Waals surface area contributed by atoms with Gasteiger partial charge in [-0.2, -0.15) is 0 Å². The molecule has 3 heterocycles. The number of hydrogen-bond donors (Lipinski definition) is 1. The third-order valence-electron chi connectivity index (χ3n) is 4.62. The van der Waals surface area contributed by atoms with Crippen LogP contribution in [-0.4, -0.2) is 71.3 Å². The molecule has 3 rings (SSSR count). The Labute approximate surface area is 141 Å². The number of likely N-dealkylation sites (N-methyl/N-ethyl adjacent to an activating group) is 1. The van der Waals surface area contributed by atoms with Crippen LogP contribution in [0.5, 0.6) is 0 Å². The summed E-state index contributed by atoms with van der Waals surface area (Å²) in [6.07, 6.45) is 4.05. The summed E-state index contributed by atoms with van der Waals surface area (Å²) in [6.45, 7) is 3.61. The number of rotatable bonds is 3. The van der Waals surface area contributed by atoms with Crippen LogP contribution in [0.3, 0.4) is 0 Å². The highest BCUT2D eigenvalue weighted by Gasteiger charge is 2.32. The summed E-state index contributed by atoms with van der Waals surface area (Å²) in [6, 6.07) is 2.18. The Morgan fingerprint density at radius 2 is 2.17 bits per heavy atom. The van der Waals surface area contributed by atoms with E-state index < -0.39 is 0 Å². The number of carbonyl (C=O) groups excluding carboxylic acids is 1. The van der Waals surface area contributed by atoms with E-state index in [1.54, 1.807) is 25.5 Å². The van der Waals surface area contributed by atoms with E-state index in [1.807, 2.05) is 19.3 Å². The third-order valence-corrected chi connectivity index (χ3v) is 4.62. The number of aromatic nitrogens is 3. The maximum atomic E-state index is 11.8. The highest BCUT2D eigenvalue weighted by molar-refractivity contribution is 5.87. The lowest BCUT2D eigenvalue weighted by atomic mass is 9.93. The Balaban J connectivity index is 1.78. The second kappa shape index (κ2) is 6.64. The normalized spacial score (nSPS) is 21.7. The molecule has 1 N–H and O–H groups in total. The SMILES string of the molecule is CC1CCN(OC(=O)N(C)C)CC1N(C)c1ncnc2[nH]ccc12. The Hall–Kier alpha value is -2.35. The lowest BCUT2D eigenvalue weighted by Gasteiger charge is -2.41. The molecule has 2 aromatic heterocycles. The molecular weight excluding hydrogens is 308 g/mol. The first kappa shape index (κ1) is 16.5. The first-order chi connectivity index (χ1) is 11.5. The van der Waals surface area contributed by atoms with Gasteiger partial charge in [0, 0.05) is 39.9 Å². The third kappa shape index (κ3) is 3.14. The highest BCUT2D eigenvalue weighted by atomic mass is 16.7. The molecule has 2 aromatic rings. The number of hydrogen-bond acceptors (Lipinski definition) is 6. The average Bonchev–Trinajstić information content (AvgIpc) is 3.04. The molecule has 1 aliphatic heterocycles. The van der Waals surface area contributed by atoms with E-state index in [9.17, 15) is 4.79 Å². The molecule has 2 atom stereocenters. The monoisotopic (exact) mass is 332 g/mol. The number of nitrogens with one attached hydrogen (secondary N) is 1. The van der Waals surface area contributed by atoms with Crippen molar-refractivity contribution >= 4 is 22.9 Å². The predicted molar refractivity (Wildman–Crippen MR) is 91.6 cm³/mol. The predicted octanol–water partition coefficient (Wildman–Crippen LogP) is 1.72. The molecule has 1 saturated heterocycles. The van der Waals surface area contributed by atoms with Crippen LogP contribution in [-0.2, 0) is 4.84 Å². The smallest absolute Gasteiger partial charge is 0.354 e. The minimum Gasteiger partial charge on any atom is -0.354 e. The number of nitrogens with zero attached hydrogens (tertiary/aromatic N) is 5. The number of hydroxylamine groups is 2. The lowest BCUT2D eigenvalue weighted by molar-refractivity contribution is -0.129. The molecule has 1 aliphatic rings. The zero-order valence-corrected chi connectivity index (χ0v) is 14.6. The summed E-state index contributed by atoms with van der Waals surface area (Å²) in [5, 5.41) is 2.74. The van der Waals surface area contributed by atoms with Gasteiger partial charge in [0.1, 0.15) is 17.8 Å². The van der Waals surface area contributed by atoms with E-state index in [2.05, 4.69) is 26.8 Å². The lowest BCUT2D eigenvalue weighted by Crippen LogP contribution is -2.52. The van der Waals surface area contributed by atoms with Crippen LogP contribution in [0.25, 0.3) is 11.0 Å². The van der Waals surface area contributed by atoms with Gasteiger partial charge in [0.05, 0.1) is 11.9 Å². The number of piperidine rings is 1. The van der Waals surface area contributed by atoms with Gasteiger partial charge in [-0.05, 0) is 18.4 Å². The molecule has 2 unspecified atom stereocenters. The molecule has 0 aromatic carbocycles. The molecule has 8 heteroatoms. The van der Waals surface area contributed by atoms with Crippen molar-refractivity contribution in [3.05, 3.63) is 18.6 Å². The summed E-state index contributed by atoms with van der Waals surface area (Å²) >= 11 is 0. The van der Waals surface area contributed by atoms with Crippen LogP contribution in [0.1, 0.15) is 13.3 Å². The van der Waals surface area contributed by atoms with Crippen molar-refractivity contribution in [3.8, 4) is 0 Å². The Kier molecular flexibility index (Phi) is 4.57. The van der Waals surface area contributed by atoms with Gasteiger partial charge in [-0.1, -0.05) is 6.92 Å². The van der Waals surface area contributed by atoms with Gasteiger partial charge >= 0.3 is 6.09 Å².